The van der Waals surface area contributed by atoms with Gasteiger partial charge in [0.1, 0.15) is 0 Å². The van der Waals surface area contributed by atoms with Gasteiger partial charge < -0.3 is 24.9 Å². The zero-order valence-electron chi connectivity index (χ0n) is 41.3. The molecule has 0 rings (SSSR count). The Balaban J connectivity index is -0.000000396. The second-order valence-electron chi connectivity index (χ2n) is 18.2. The van der Waals surface area contributed by atoms with Crippen LogP contribution in [0.25, 0.3) is 0 Å². The van der Waals surface area contributed by atoms with Crippen molar-refractivity contribution in [1.29, 1.82) is 0 Å². The molecule has 0 saturated heterocycles. The first kappa shape index (κ1) is 66.5. The van der Waals surface area contributed by atoms with Gasteiger partial charge in [0.05, 0.1) is 0 Å². The van der Waals surface area contributed by atoms with Crippen molar-refractivity contribution in [2.75, 3.05) is 0 Å². The minimum Gasteiger partial charge on any atom is -0.550 e. The minimum absolute atomic E-state index is 0. The molecule has 0 aromatic rings. The van der Waals surface area contributed by atoms with Gasteiger partial charge in [0.15, 0.2) is 0 Å². The third kappa shape index (κ3) is 76.6. The SMILES string of the molecule is CCCCCCCCCCCCCCCCCC(=O)O.CCCCCCCCCCCCCCCCCC(=O)[O-].CCCCCCCCCCCCCCCCCC(=O)[O-].[Co+2]. The Morgan fingerprint density at radius 1 is 0.262 bits per heavy atom. The molecule has 0 aromatic carbocycles. The molecule has 0 aromatic heterocycles. The van der Waals surface area contributed by atoms with Crippen LogP contribution < -0.4 is 10.2 Å². The summed E-state index contributed by atoms with van der Waals surface area (Å²) < 4.78 is 0. The number of hydrogen-bond donors (Lipinski definition) is 1. The molecule has 7 heteroatoms. The van der Waals surface area contributed by atoms with E-state index in [1.165, 1.54) is 250 Å². The topological polar surface area (TPSA) is 118 Å². The largest absolute Gasteiger partial charge is 2.00 e. The van der Waals surface area contributed by atoms with Gasteiger partial charge in [0, 0.05) is 18.4 Å². The molecule has 0 bridgehead atoms. The molecule has 0 atom stereocenters. The van der Waals surface area contributed by atoms with Crippen LogP contribution in [0.1, 0.15) is 329 Å². The summed E-state index contributed by atoms with van der Waals surface area (Å²) in [6.07, 6.45) is 59.9. The van der Waals surface area contributed by atoms with E-state index in [4.69, 9.17) is 5.11 Å². The number of carbonyl (C=O) groups is 3. The van der Waals surface area contributed by atoms with Crippen molar-refractivity contribution in [2.24, 2.45) is 0 Å². The van der Waals surface area contributed by atoms with Gasteiger partial charge >= 0.3 is 22.7 Å². The summed E-state index contributed by atoms with van der Waals surface area (Å²) in [7, 11) is 0. The first-order valence-corrected chi connectivity index (χ1v) is 26.9. The summed E-state index contributed by atoms with van der Waals surface area (Å²) in [4.78, 5) is 30.8. The monoisotopic (exact) mass is 910 g/mol. The molecule has 0 saturated carbocycles. The van der Waals surface area contributed by atoms with E-state index < -0.39 is 17.9 Å². The predicted molar refractivity (Wildman–Crippen MR) is 256 cm³/mol. The summed E-state index contributed by atoms with van der Waals surface area (Å²) in [6.45, 7) is 6.80. The molecule has 0 spiro atoms. The van der Waals surface area contributed by atoms with E-state index in [0.717, 1.165) is 38.5 Å². The van der Waals surface area contributed by atoms with Gasteiger partial charge in [-0.2, -0.15) is 0 Å². The predicted octanol–water partition coefficient (Wildman–Crippen LogP) is 16.3. The van der Waals surface area contributed by atoms with Crippen LogP contribution in [-0.2, 0) is 31.2 Å². The zero-order valence-corrected chi connectivity index (χ0v) is 42.3. The molecular formula is C54H106CoO6. The third-order valence-electron chi connectivity index (χ3n) is 12.0. The molecule has 0 aliphatic rings. The van der Waals surface area contributed by atoms with Crippen molar-refractivity contribution >= 4 is 17.9 Å². The second kappa shape index (κ2) is 63.2. The quantitative estimate of drug-likeness (QED) is 0.0608. The van der Waals surface area contributed by atoms with Gasteiger partial charge in [0.25, 0.3) is 0 Å². The zero-order chi connectivity index (χ0) is 44.7. The Bertz CT molecular complexity index is 717. The van der Waals surface area contributed by atoms with Gasteiger partial charge in [-0.05, 0) is 32.1 Å². The second-order valence-corrected chi connectivity index (χ2v) is 18.2. The molecule has 367 valence electrons. The summed E-state index contributed by atoms with van der Waals surface area (Å²) in [5.41, 5.74) is 0. The molecule has 0 heterocycles. The van der Waals surface area contributed by atoms with E-state index in [2.05, 4.69) is 20.8 Å². The van der Waals surface area contributed by atoms with Crippen LogP contribution in [0.3, 0.4) is 0 Å². The number of carboxylic acids is 3. The Morgan fingerprint density at radius 3 is 0.525 bits per heavy atom. The molecule has 1 radical (unpaired) electrons. The van der Waals surface area contributed by atoms with Crippen LogP contribution in [0.2, 0.25) is 0 Å². The third-order valence-corrected chi connectivity index (χ3v) is 12.0. The maximum absolute atomic E-state index is 10.3. The Morgan fingerprint density at radius 2 is 0.393 bits per heavy atom. The fraction of sp³-hybridized carbons (Fsp3) is 0.944. The average molecular weight is 910 g/mol. The van der Waals surface area contributed by atoms with Crippen LogP contribution >= 0.6 is 0 Å². The number of carbonyl (C=O) groups excluding carboxylic acids is 2. The summed E-state index contributed by atoms with van der Waals surface area (Å²) in [5.74, 6) is -2.46. The normalized spacial score (nSPS) is 10.7. The van der Waals surface area contributed by atoms with Crippen molar-refractivity contribution in [3.63, 3.8) is 0 Å². The fourth-order valence-corrected chi connectivity index (χ4v) is 7.93. The van der Waals surface area contributed by atoms with E-state index in [9.17, 15) is 24.6 Å². The van der Waals surface area contributed by atoms with Crippen molar-refractivity contribution in [2.45, 2.75) is 329 Å². The Kier molecular flexibility index (Phi) is 68.9. The van der Waals surface area contributed by atoms with Crippen molar-refractivity contribution in [1.82, 2.24) is 0 Å². The molecule has 0 fully saturated rings. The van der Waals surface area contributed by atoms with Gasteiger partial charge in [-0.25, -0.2) is 0 Å². The average Bonchev–Trinajstić information content (AvgIpc) is 3.22. The van der Waals surface area contributed by atoms with Crippen LogP contribution in [-0.4, -0.2) is 23.0 Å². The Hall–Kier alpha value is -1.08. The minimum atomic E-state index is -0.903. The van der Waals surface area contributed by atoms with Gasteiger partial charge in [-0.15, -0.1) is 0 Å². The molecule has 0 amide bonds. The van der Waals surface area contributed by atoms with E-state index in [1.807, 2.05) is 0 Å². The number of unbranched alkanes of at least 4 members (excludes halogenated alkanes) is 42. The van der Waals surface area contributed by atoms with E-state index in [0.29, 0.717) is 6.42 Å². The first-order chi connectivity index (χ1) is 29.3. The summed E-state index contributed by atoms with van der Waals surface area (Å²) in [5, 5.41) is 29.0. The first-order valence-electron chi connectivity index (χ1n) is 26.9. The standard InChI is InChI=1S/3C18H36O2.Co/c3*1-2-3-4-5-6-7-8-9-10-11-12-13-14-15-16-17-18(19)20;/h3*2-17H2,1H3,(H,19,20);/q;;;+2/p-2. The van der Waals surface area contributed by atoms with Gasteiger partial charge in [0.2, 0.25) is 0 Å². The van der Waals surface area contributed by atoms with Crippen LogP contribution in [0, 0.1) is 0 Å². The van der Waals surface area contributed by atoms with Crippen molar-refractivity contribution in [3.8, 4) is 0 Å². The number of rotatable bonds is 48. The van der Waals surface area contributed by atoms with E-state index >= 15 is 0 Å². The smallest absolute Gasteiger partial charge is 0.550 e. The molecule has 0 unspecified atom stereocenters. The van der Waals surface area contributed by atoms with Crippen LogP contribution in [0.5, 0.6) is 0 Å². The number of carboxylic acid groups (broad SMARTS) is 3. The van der Waals surface area contributed by atoms with Crippen molar-refractivity contribution < 1.29 is 46.5 Å². The van der Waals surface area contributed by atoms with Crippen LogP contribution in [0.15, 0.2) is 0 Å². The van der Waals surface area contributed by atoms with E-state index in [1.54, 1.807) is 0 Å². The number of aliphatic carboxylic acids is 3. The molecule has 61 heavy (non-hydrogen) atoms. The molecule has 0 aliphatic heterocycles. The number of hydrogen-bond acceptors (Lipinski definition) is 5. The van der Waals surface area contributed by atoms with E-state index in [-0.39, 0.29) is 29.6 Å². The molecule has 6 nitrogen and oxygen atoms in total. The van der Waals surface area contributed by atoms with Gasteiger partial charge in [-0.3, -0.25) is 4.79 Å². The maximum Gasteiger partial charge on any atom is 2.00 e. The van der Waals surface area contributed by atoms with Gasteiger partial charge in [-0.1, -0.05) is 290 Å². The fourth-order valence-electron chi connectivity index (χ4n) is 7.93. The maximum atomic E-state index is 10.3. The molecule has 1 N–H and O–H groups in total. The summed E-state index contributed by atoms with van der Waals surface area (Å²) in [6, 6.07) is 0. The van der Waals surface area contributed by atoms with Crippen molar-refractivity contribution in [3.05, 3.63) is 0 Å². The Labute approximate surface area is 391 Å². The molecule has 0 aliphatic carbocycles. The summed E-state index contributed by atoms with van der Waals surface area (Å²) >= 11 is 0. The van der Waals surface area contributed by atoms with Crippen LogP contribution in [0.4, 0.5) is 0 Å². The molecular weight excluding hydrogens is 804 g/mol.